The maximum absolute atomic E-state index is 10.6. The van der Waals surface area contributed by atoms with Crippen molar-refractivity contribution in [3.8, 4) is 11.5 Å². The van der Waals surface area contributed by atoms with E-state index in [2.05, 4.69) is 18.7 Å². The monoisotopic (exact) mass is 412 g/mol. The van der Waals surface area contributed by atoms with Crippen molar-refractivity contribution in [1.29, 1.82) is 5.41 Å². The first-order valence-electron chi connectivity index (χ1n) is 10.5. The van der Waals surface area contributed by atoms with Gasteiger partial charge >= 0.3 is 0 Å². The zero-order valence-electron chi connectivity index (χ0n) is 18.0. The summed E-state index contributed by atoms with van der Waals surface area (Å²) >= 11 is 0. The Morgan fingerprint density at radius 2 is 1.57 bits per heavy atom. The van der Waals surface area contributed by atoms with Crippen LogP contribution in [0.3, 0.4) is 0 Å². The Bertz CT molecular complexity index is 990. The van der Waals surface area contributed by atoms with Crippen LogP contribution in [0, 0.1) is 5.41 Å². The zero-order valence-corrected chi connectivity index (χ0v) is 18.0. The molecule has 0 aliphatic rings. The first-order valence-corrected chi connectivity index (χ1v) is 10.5. The largest absolute Gasteiger partial charge is 0.497 e. The molecule has 0 spiro atoms. The second-order valence-corrected chi connectivity index (χ2v) is 7.24. The van der Waals surface area contributed by atoms with Crippen LogP contribution in [0.1, 0.15) is 13.8 Å². The van der Waals surface area contributed by atoms with Crippen LogP contribution in [-0.4, -0.2) is 58.6 Å². The molecule has 0 saturated carbocycles. The number of aliphatic hydroxyl groups excluding tert-OH is 1. The molecule has 7 nitrogen and oxygen atoms in total. The van der Waals surface area contributed by atoms with Crippen LogP contribution in [0.4, 0.5) is 0 Å². The number of likely N-dealkylation sites (N-methyl/N-ethyl adjacent to an activating group) is 1. The highest BCUT2D eigenvalue weighted by atomic mass is 16.5. The highest BCUT2D eigenvalue weighted by Crippen LogP contribution is 2.18. The van der Waals surface area contributed by atoms with Gasteiger partial charge in [0.2, 0.25) is 5.62 Å². The molecule has 0 amide bonds. The van der Waals surface area contributed by atoms with Crippen LogP contribution in [0.15, 0.2) is 48.5 Å². The van der Waals surface area contributed by atoms with Gasteiger partial charge in [-0.1, -0.05) is 26.0 Å². The topological polar surface area (TPSA) is 75.6 Å². The Morgan fingerprint density at radius 1 is 0.967 bits per heavy atom. The second kappa shape index (κ2) is 10.3. The number of ether oxygens (including phenoxy) is 2. The van der Waals surface area contributed by atoms with Gasteiger partial charge in [-0.15, -0.1) is 0 Å². The van der Waals surface area contributed by atoms with E-state index in [-0.39, 0.29) is 6.61 Å². The molecular weight excluding hydrogens is 380 g/mol. The molecule has 0 aliphatic carbocycles. The average molecular weight is 413 g/mol. The lowest BCUT2D eigenvalue weighted by Gasteiger charge is -2.18. The third-order valence-corrected chi connectivity index (χ3v) is 5.40. The number of nitrogens with one attached hydrogen (secondary N) is 1. The van der Waals surface area contributed by atoms with Crippen molar-refractivity contribution in [3.63, 3.8) is 0 Å². The van der Waals surface area contributed by atoms with E-state index < -0.39 is 6.10 Å². The highest BCUT2D eigenvalue weighted by molar-refractivity contribution is 5.75. The summed E-state index contributed by atoms with van der Waals surface area (Å²) in [5.74, 6) is 1.43. The molecule has 0 fully saturated rings. The molecular formula is C23H32N4O3. The Labute approximate surface area is 177 Å². The number of benzene rings is 2. The minimum absolute atomic E-state index is 0.151. The molecule has 0 saturated heterocycles. The number of aliphatic hydroxyl groups is 1. The van der Waals surface area contributed by atoms with Gasteiger partial charge in [0, 0.05) is 13.1 Å². The number of hydrogen-bond acceptors (Lipinski definition) is 5. The molecule has 0 aliphatic heterocycles. The Hall–Kier alpha value is -2.77. The van der Waals surface area contributed by atoms with E-state index in [9.17, 15) is 5.11 Å². The first-order chi connectivity index (χ1) is 14.6. The molecule has 0 bridgehead atoms. The van der Waals surface area contributed by atoms with Crippen molar-refractivity contribution < 1.29 is 14.6 Å². The van der Waals surface area contributed by atoms with Crippen molar-refractivity contribution >= 4 is 11.0 Å². The Balaban J connectivity index is 1.73. The summed E-state index contributed by atoms with van der Waals surface area (Å²) in [7, 11) is 1.62. The SMILES string of the molecule is CCN(CC)CCn1c(=N)n(C[C@@H](O)COc2ccc(OC)cc2)c2ccccc21. The quantitative estimate of drug-likeness (QED) is 0.508. The van der Waals surface area contributed by atoms with E-state index >= 15 is 0 Å². The molecule has 7 heteroatoms. The van der Waals surface area contributed by atoms with Gasteiger partial charge in [-0.2, -0.15) is 0 Å². The van der Waals surface area contributed by atoms with Crippen LogP contribution >= 0.6 is 0 Å². The van der Waals surface area contributed by atoms with Gasteiger partial charge in [-0.25, -0.2) is 0 Å². The van der Waals surface area contributed by atoms with Crippen molar-refractivity contribution in [2.75, 3.05) is 33.4 Å². The summed E-state index contributed by atoms with van der Waals surface area (Å²) in [6.45, 7) is 8.37. The third kappa shape index (κ3) is 5.04. The van der Waals surface area contributed by atoms with Crippen molar-refractivity contribution in [3.05, 3.63) is 54.1 Å². The van der Waals surface area contributed by atoms with E-state index in [4.69, 9.17) is 14.9 Å². The number of rotatable bonds is 11. The minimum atomic E-state index is -0.733. The normalized spacial score (nSPS) is 12.4. The van der Waals surface area contributed by atoms with E-state index in [1.54, 1.807) is 7.11 Å². The Morgan fingerprint density at radius 3 is 2.17 bits per heavy atom. The molecule has 3 rings (SSSR count). The van der Waals surface area contributed by atoms with E-state index in [1.165, 1.54) is 0 Å². The molecule has 30 heavy (non-hydrogen) atoms. The smallest absolute Gasteiger partial charge is 0.203 e. The lowest BCUT2D eigenvalue weighted by Crippen LogP contribution is -2.34. The number of fused-ring (bicyclic) bond motifs is 1. The van der Waals surface area contributed by atoms with Crippen molar-refractivity contribution in [1.82, 2.24) is 14.0 Å². The van der Waals surface area contributed by atoms with Crippen molar-refractivity contribution in [2.24, 2.45) is 0 Å². The summed E-state index contributed by atoms with van der Waals surface area (Å²) in [4.78, 5) is 2.34. The lowest BCUT2D eigenvalue weighted by atomic mass is 10.3. The molecule has 0 radical (unpaired) electrons. The number of para-hydroxylation sites is 2. The maximum atomic E-state index is 10.6. The highest BCUT2D eigenvalue weighted by Gasteiger charge is 2.15. The van der Waals surface area contributed by atoms with E-state index in [1.807, 2.05) is 57.7 Å². The summed E-state index contributed by atoms with van der Waals surface area (Å²) in [6, 6.07) is 15.3. The molecule has 1 aromatic heterocycles. The molecule has 162 valence electrons. The number of aromatic nitrogens is 2. The van der Waals surface area contributed by atoms with Crippen LogP contribution in [0.25, 0.3) is 11.0 Å². The maximum Gasteiger partial charge on any atom is 0.203 e. The summed E-state index contributed by atoms with van der Waals surface area (Å²) < 4.78 is 14.7. The second-order valence-electron chi connectivity index (χ2n) is 7.24. The zero-order chi connectivity index (χ0) is 21.5. The third-order valence-electron chi connectivity index (χ3n) is 5.40. The van der Waals surface area contributed by atoms with Crippen LogP contribution in [0.2, 0.25) is 0 Å². The number of nitrogens with zero attached hydrogens (tertiary/aromatic N) is 3. The molecule has 2 aromatic carbocycles. The fraction of sp³-hybridized carbons (Fsp3) is 0.435. The van der Waals surface area contributed by atoms with Gasteiger partial charge in [0.1, 0.15) is 24.2 Å². The van der Waals surface area contributed by atoms with Gasteiger partial charge in [0.05, 0.1) is 24.7 Å². The van der Waals surface area contributed by atoms with Crippen LogP contribution in [-0.2, 0) is 13.1 Å². The number of hydrogen-bond donors (Lipinski definition) is 2. The number of methoxy groups -OCH3 is 1. The molecule has 1 atom stereocenters. The van der Waals surface area contributed by atoms with Crippen LogP contribution < -0.4 is 15.1 Å². The first kappa shape index (κ1) is 21.9. The standard InChI is InChI=1S/C23H32N4O3/c1-4-25(5-2)14-15-26-21-8-6-7-9-22(21)27(23(26)24)16-18(28)17-30-20-12-10-19(29-3)11-13-20/h6-13,18,24,28H,4-5,14-17H2,1-3H3/t18-/m1/s1. The van der Waals surface area contributed by atoms with Gasteiger partial charge in [-0.3, -0.25) is 5.41 Å². The summed E-state index contributed by atoms with van der Waals surface area (Å²) in [5.41, 5.74) is 2.36. The van der Waals surface area contributed by atoms with Crippen LogP contribution in [0.5, 0.6) is 11.5 Å². The predicted molar refractivity (Wildman–Crippen MR) is 118 cm³/mol. The summed E-state index contributed by atoms with van der Waals surface area (Å²) in [6.07, 6.45) is -0.733. The fourth-order valence-corrected chi connectivity index (χ4v) is 3.61. The molecule has 0 unspecified atom stereocenters. The van der Waals surface area contributed by atoms with Gasteiger partial charge in [-0.05, 0) is 49.5 Å². The van der Waals surface area contributed by atoms with Gasteiger partial charge < -0.3 is 28.6 Å². The molecule has 1 heterocycles. The van der Waals surface area contributed by atoms with Crippen molar-refractivity contribution in [2.45, 2.75) is 33.0 Å². The predicted octanol–water partition coefficient (Wildman–Crippen LogP) is 2.71. The molecule has 3 aromatic rings. The van der Waals surface area contributed by atoms with E-state index in [0.29, 0.717) is 17.9 Å². The molecule has 2 N–H and O–H groups in total. The summed E-state index contributed by atoms with van der Waals surface area (Å²) in [5, 5.41) is 19.3. The lowest BCUT2D eigenvalue weighted by molar-refractivity contribution is 0.0920. The minimum Gasteiger partial charge on any atom is -0.497 e. The Kier molecular flexibility index (Phi) is 7.54. The average Bonchev–Trinajstić information content (AvgIpc) is 3.04. The van der Waals surface area contributed by atoms with Gasteiger partial charge in [0.25, 0.3) is 0 Å². The van der Waals surface area contributed by atoms with E-state index in [0.717, 1.165) is 43.0 Å². The van der Waals surface area contributed by atoms with Gasteiger partial charge in [0.15, 0.2) is 0 Å². The number of imidazole rings is 1. The fourth-order valence-electron chi connectivity index (χ4n) is 3.61.